The molecule has 2 amide bonds. The highest BCUT2D eigenvalue weighted by Gasteiger charge is 2.33. The number of thioether (sulfide) groups is 1. The lowest BCUT2D eigenvalue weighted by Crippen LogP contribution is -2.27. The number of carbonyl (C=O) groups excluding carboxylic acids is 2. The van der Waals surface area contributed by atoms with Crippen LogP contribution in [0.1, 0.15) is 23.9 Å². The number of nitrogens with zero attached hydrogens (tertiary/aromatic N) is 3. The molecule has 3 heterocycles. The molecule has 3 rings (SSSR count). The fourth-order valence-electron chi connectivity index (χ4n) is 2.73. The van der Waals surface area contributed by atoms with Gasteiger partial charge in [-0.1, -0.05) is 0 Å². The molecule has 0 aromatic carbocycles. The maximum absolute atomic E-state index is 12.2. The first kappa shape index (κ1) is 15.6. The van der Waals surface area contributed by atoms with E-state index in [0.29, 0.717) is 11.4 Å². The first-order chi connectivity index (χ1) is 11.0. The molecule has 0 aliphatic carbocycles. The topological polar surface area (TPSA) is 55.2 Å². The molecular formula is C17H17N3O2S. The summed E-state index contributed by atoms with van der Waals surface area (Å²) in [5.41, 5.74) is 3.98. The van der Waals surface area contributed by atoms with Gasteiger partial charge < -0.3 is 4.57 Å². The minimum atomic E-state index is -0.214. The Morgan fingerprint density at radius 3 is 2.70 bits per heavy atom. The van der Waals surface area contributed by atoms with Crippen molar-refractivity contribution in [3.05, 3.63) is 52.4 Å². The summed E-state index contributed by atoms with van der Waals surface area (Å²) < 4.78 is 2.09. The molecule has 1 saturated heterocycles. The Kier molecular flexibility index (Phi) is 4.09. The third-order valence-corrected chi connectivity index (χ3v) is 4.76. The van der Waals surface area contributed by atoms with Crippen molar-refractivity contribution in [2.75, 3.05) is 6.54 Å². The van der Waals surface area contributed by atoms with Crippen LogP contribution in [0.25, 0.3) is 11.8 Å². The van der Waals surface area contributed by atoms with E-state index in [-0.39, 0.29) is 11.1 Å². The Balaban J connectivity index is 2.02. The molecular weight excluding hydrogens is 310 g/mol. The lowest BCUT2D eigenvalue weighted by molar-refractivity contribution is -0.122. The van der Waals surface area contributed by atoms with Gasteiger partial charge in [-0.05, 0) is 62.4 Å². The van der Waals surface area contributed by atoms with E-state index >= 15 is 0 Å². The third kappa shape index (κ3) is 2.70. The van der Waals surface area contributed by atoms with Gasteiger partial charge >= 0.3 is 0 Å². The molecule has 0 atom stereocenters. The summed E-state index contributed by atoms with van der Waals surface area (Å²) in [6.07, 6.45) is 5.34. The molecule has 6 heteroatoms. The molecule has 23 heavy (non-hydrogen) atoms. The quantitative estimate of drug-likeness (QED) is 0.809. The first-order valence-corrected chi connectivity index (χ1v) is 8.19. The summed E-state index contributed by atoms with van der Waals surface area (Å²) in [6, 6.07) is 5.89. The summed E-state index contributed by atoms with van der Waals surface area (Å²) in [5, 5.41) is -0.204. The highest BCUT2D eigenvalue weighted by atomic mass is 32.2. The number of aromatic nitrogens is 2. The van der Waals surface area contributed by atoms with Crippen LogP contribution in [-0.4, -0.2) is 32.1 Å². The fraction of sp³-hybridized carbons (Fsp3) is 0.235. The van der Waals surface area contributed by atoms with E-state index in [9.17, 15) is 9.59 Å². The van der Waals surface area contributed by atoms with Crippen molar-refractivity contribution in [2.24, 2.45) is 0 Å². The van der Waals surface area contributed by atoms with Crippen LogP contribution in [0.4, 0.5) is 4.79 Å². The van der Waals surface area contributed by atoms with E-state index in [4.69, 9.17) is 0 Å². The van der Waals surface area contributed by atoms with Crippen LogP contribution in [0.2, 0.25) is 0 Å². The molecule has 0 spiro atoms. The summed E-state index contributed by atoms with van der Waals surface area (Å²) in [6.45, 7) is 6.20. The van der Waals surface area contributed by atoms with Crippen LogP contribution in [-0.2, 0) is 4.79 Å². The Morgan fingerprint density at radius 1 is 1.30 bits per heavy atom. The van der Waals surface area contributed by atoms with Gasteiger partial charge in [0.2, 0.25) is 0 Å². The fourth-order valence-corrected chi connectivity index (χ4v) is 3.62. The van der Waals surface area contributed by atoms with E-state index in [2.05, 4.69) is 9.55 Å². The highest BCUT2D eigenvalue weighted by molar-refractivity contribution is 8.18. The number of rotatable bonds is 3. The van der Waals surface area contributed by atoms with Crippen molar-refractivity contribution >= 4 is 29.0 Å². The molecule has 0 radical (unpaired) electrons. The van der Waals surface area contributed by atoms with E-state index in [1.807, 2.05) is 32.0 Å². The summed E-state index contributed by atoms with van der Waals surface area (Å²) in [7, 11) is 0. The van der Waals surface area contributed by atoms with Crippen molar-refractivity contribution in [1.29, 1.82) is 0 Å². The Bertz CT molecular complexity index is 809. The van der Waals surface area contributed by atoms with Crippen LogP contribution in [0.3, 0.4) is 0 Å². The minimum absolute atomic E-state index is 0.204. The van der Waals surface area contributed by atoms with Crippen molar-refractivity contribution in [3.8, 4) is 5.69 Å². The maximum atomic E-state index is 12.2. The SMILES string of the molecule is CCN1C(=O)SC(=Cc2cc(C)n(-c3cccnc3)c2C)C1=O. The molecule has 0 unspecified atom stereocenters. The number of hydrogen-bond donors (Lipinski definition) is 0. The normalized spacial score (nSPS) is 16.7. The number of hydrogen-bond acceptors (Lipinski definition) is 4. The minimum Gasteiger partial charge on any atom is -0.316 e. The van der Waals surface area contributed by atoms with Crippen LogP contribution >= 0.6 is 11.8 Å². The zero-order valence-corrected chi connectivity index (χ0v) is 14.1. The van der Waals surface area contributed by atoms with Crippen molar-refractivity contribution in [3.63, 3.8) is 0 Å². The van der Waals surface area contributed by atoms with Gasteiger partial charge in [-0.3, -0.25) is 19.5 Å². The Labute approximate surface area is 139 Å². The molecule has 0 N–H and O–H groups in total. The number of carbonyl (C=O) groups is 2. The van der Waals surface area contributed by atoms with Gasteiger partial charge in [0.05, 0.1) is 16.8 Å². The Morgan fingerprint density at radius 2 is 2.09 bits per heavy atom. The maximum Gasteiger partial charge on any atom is 0.293 e. The molecule has 1 aliphatic rings. The zero-order valence-electron chi connectivity index (χ0n) is 13.2. The van der Waals surface area contributed by atoms with Crippen LogP contribution < -0.4 is 0 Å². The van der Waals surface area contributed by atoms with Crippen molar-refractivity contribution in [1.82, 2.24) is 14.5 Å². The Hall–Kier alpha value is -2.34. The predicted octanol–water partition coefficient (Wildman–Crippen LogP) is 3.55. The number of pyridine rings is 1. The lowest BCUT2D eigenvalue weighted by Gasteiger charge is -2.08. The van der Waals surface area contributed by atoms with Crippen molar-refractivity contribution in [2.45, 2.75) is 20.8 Å². The number of aryl methyl sites for hydroxylation is 1. The van der Waals surface area contributed by atoms with Crippen LogP contribution in [0, 0.1) is 13.8 Å². The molecule has 1 fully saturated rings. The molecule has 1 aliphatic heterocycles. The smallest absolute Gasteiger partial charge is 0.293 e. The summed E-state index contributed by atoms with van der Waals surface area (Å²) >= 11 is 0.998. The number of imide groups is 1. The van der Waals surface area contributed by atoms with Gasteiger partial charge in [0.15, 0.2) is 0 Å². The van der Waals surface area contributed by atoms with Gasteiger partial charge in [-0.25, -0.2) is 0 Å². The predicted molar refractivity (Wildman–Crippen MR) is 91.4 cm³/mol. The average molecular weight is 327 g/mol. The van der Waals surface area contributed by atoms with Crippen LogP contribution in [0.5, 0.6) is 0 Å². The van der Waals surface area contributed by atoms with Crippen molar-refractivity contribution < 1.29 is 9.59 Å². The third-order valence-electron chi connectivity index (χ3n) is 3.85. The second-order valence-corrected chi connectivity index (χ2v) is 6.29. The van der Waals surface area contributed by atoms with E-state index < -0.39 is 0 Å². The monoisotopic (exact) mass is 327 g/mol. The van der Waals surface area contributed by atoms with E-state index in [1.165, 1.54) is 4.90 Å². The molecule has 2 aromatic rings. The van der Waals surface area contributed by atoms with Crippen LogP contribution in [0.15, 0.2) is 35.5 Å². The molecule has 0 bridgehead atoms. The molecule has 2 aromatic heterocycles. The van der Waals surface area contributed by atoms with Gasteiger partial charge in [-0.2, -0.15) is 0 Å². The summed E-state index contributed by atoms with van der Waals surface area (Å²) in [4.78, 5) is 29.9. The zero-order chi connectivity index (χ0) is 16.6. The van der Waals surface area contributed by atoms with E-state index in [1.54, 1.807) is 25.4 Å². The highest BCUT2D eigenvalue weighted by Crippen LogP contribution is 2.33. The second kappa shape index (κ2) is 6.04. The second-order valence-electron chi connectivity index (χ2n) is 5.30. The standard InChI is InChI=1S/C17H17N3O2S/c1-4-19-16(21)15(23-17(19)22)9-13-8-11(2)20(12(13)3)14-6-5-7-18-10-14/h5-10H,4H2,1-3H3. The molecule has 0 saturated carbocycles. The van der Waals surface area contributed by atoms with Gasteiger partial charge in [0.25, 0.3) is 11.1 Å². The molecule has 5 nitrogen and oxygen atoms in total. The number of amides is 2. The largest absolute Gasteiger partial charge is 0.316 e. The average Bonchev–Trinajstić information content (AvgIpc) is 2.96. The summed E-state index contributed by atoms with van der Waals surface area (Å²) in [5.74, 6) is -0.214. The first-order valence-electron chi connectivity index (χ1n) is 7.37. The lowest BCUT2D eigenvalue weighted by atomic mass is 10.2. The van der Waals surface area contributed by atoms with E-state index in [0.717, 1.165) is 34.4 Å². The van der Waals surface area contributed by atoms with Gasteiger partial charge in [0.1, 0.15) is 0 Å². The van der Waals surface area contributed by atoms with Gasteiger partial charge in [-0.15, -0.1) is 0 Å². The molecule has 118 valence electrons. The number of likely N-dealkylation sites (N-methyl/N-ethyl adjacent to an activating group) is 1. The van der Waals surface area contributed by atoms with Gasteiger partial charge in [0, 0.05) is 24.1 Å².